The molecule has 18 heavy (non-hydrogen) atoms. The summed E-state index contributed by atoms with van der Waals surface area (Å²) in [7, 11) is 0. The molecular weight excluding hydrogens is 277 g/mol. The van der Waals surface area contributed by atoms with Gasteiger partial charge >= 0.3 is 0 Å². The maximum absolute atomic E-state index is 9.59. The zero-order chi connectivity index (χ0) is 13.3. The lowest BCUT2D eigenvalue weighted by Crippen LogP contribution is -2.39. The Balaban J connectivity index is 2.25. The number of aliphatic imine (C=N–C) groups is 1. The quantitative estimate of drug-likeness (QED) is 0.808. The van der Waals surface area contributed by atoms with Gasteiger partial charge in [0.25, 0.3) is 0 Å². The van der Waals surface area contributed by atoms with Gasteiger partial charge in [-0.15, -0.1) is 0 Å². The van der Waals surface area contributed by atoms with E-state index in [2.05, 4.69) is 20.3 Å². The van der Waals surface area contributed by atoms with Crippen LogP contribution in [0.4, 0.5) is 5.69 Å². The van der Waals surface area contributed by atoms with Crippen molar-refractivity contribution in [3.63, 3.8) is 0 Å². The van der Waals surface area contributed by atoms with Crippen molar-refractivity contribution in [3.05, 3.63) is 16.1 Å². The number of halogens is 2. The molecule has 6 nitrogen and oxygen atoms in total. The van der Waals surface area contributed by atoms with E-state index in [9.17, 15) is 5.11 Å². The zero-order valence-corrected chi connectivity index (χ0v) is 11.5. The standard InChI is InChI=1S/C10H13Cl2N5O/c1-5-14-8(11)7(9(12)15-5)16-10-13-3-4-17(10)6(2)18/h6,18H,3-4H2,1-2H3,(H,13,16). The molecule has 1 aromatic heterocycles. The molecule has 0 saturated heterocycles. The highest BCUT2D eigenvalue weighted by Gasteiger charge is 2.23. The van der Waals surface area contributed by atoms with Crippen molar-refractivity contribution >= 4 is 34.8 Å². The Kier molecular flexibility index (Phi) is 3.89. The van der Waals surface area contributed by atoms with Gasteiger partial charge < -0.3 is 15.3 Å². The summed E-state index contributed by atoms with van der Waals surface area (Å²) < 4.78 is 0. The van der Waals surface area contributed by atoms with E-state index in [4.69, 9.17) is 23.2 Å². The molecule has 98 valence electrons. The molecule has 0 saturated carbocycles. The van der Waals surface area contributed by atoms with E-state index in [1.807, 2.05) is 0 Å². The molecule has 0 aliphatic carbocycles. The van der Waals surface area contributed by atoms with Gasteiger partial charge in [-0.2, -0.15) is 0 Å². The molecule has 0 bridgehead atoms. The van der Waals surface area contributed by atoms with E-state index in [1.54, 1.807) is 18.7 Å². The second-order valence-corrected chi connectivity index (χ2v) is 4.60. The maximum Gasteiger partial charge on any atom is 0.200 e. The molecule has 1 aliphatic heterocycles. The fourth-order valence-corrected chi connectivity index (χ4v) is 2.22. The van der Waals surface area contributed by atoms with Crippen LogP contribution >= 0.6 is 23.2 Å². The van der Waals surface area contributed by atoms with E-state index in [-0.39, 0.29) is 10.3 Å². The van der Waals surface area contributed by atoms with Crippen LogP contribution in [0, 0.1) is 6.92 Å². The molecule has 0 spiro atoms. The number of anilines is 1. The van der Waals surface area contributed by atoms with Crippen LogP contribution in [0.15, 0.2) is 4.99 Å². The lowest BCUT2D eigenvalue weighted by Gasteiger charge is -2.24. The van der Waals surface area contributed by atoms with Crippen LogP contribution in [-0.4, -0.2) is 45.3 Å². The molecule has 1 aliphatic rings. The van der Waals surface area contributed by atoms with Crippen LogP contribution in [-0.2, 0) is 0 Å². The third kappa shape index (κ3) is 2.66. The monoisotopic (exact) mass is 289 g/mol. The molecule has 2 heterocycles. The van der Waals surface area contributed by atoms with Crippen LogP contribution in [0.2, 0.25) is 10.3 Å². The van der Waals surface area contributed by atoms with Gasteiger partial charge in [0.15, 0.2) is 10.3 Å². The Hall–Kier alpha value is -1.11. The van der Waals surface area contributed by atoms with E-state index in [0.717, 1.165) is 0 Å². The molecule has 1 atom stereocenters. The first-order chi connectivity index (χ1) is 8.49. The lowest BCUT2D eigenvalue weighted by atomic mass is 10.4. The van der Waals surface area contributed by atoms with Gasteiger partial charge in [-0.1, -0.05) is 23.2 Å². The van der Waals surface area contributed by atoms with E-state index in [0.29, 0.717) is 30.6 Å². The third-order valence-electron chi connectivity index (χ3n) is 2.49. The summed E-state index contributed by atoms with van der Waals surface area (Å²) in [5.74, 6) is 1.01. The molecule has 0 radical (unpaired) electrons. The molecule has 8 heteroatoms. The van der Waals surface area contributed by atoms with Crippen molar-refractivity contribution in [1.29, 1.82) is 0 Å². The molecule has 1 unspecified atom stereocenters. The first-order valence-electron chi connectivity index (χ1n) is 5.45. The lowest BCUT2D eigenvalue weighted by molar-refractivity contribution is 0.0781. The fourth-order valence-electron chi connectivity index (χ4n) is 1.66. The van der Waals surface area contributed by atoms with Gasteiger partial charge in [0.05, 0.1) is 6.54 Å². The van der Waals surface area contributed by atoms with Crippen molar-refractivity contribution in [2.75, 3.05) is 18.4 Å². The summed E-state index contributed by atoms with van der Waals surface area (Å²) in [5, 5.41) is 13.0. The van der Waals surface area contributed by atoms with Gasteiger partial charge in [0, 0.05) is 6.54 Å². The smallest absolute Gasteiger partial charge is 0.200 e. The van der Waals surface area contributed by atoms with Crippen LogP contribution in [0.3, 0.4) is 0 Å². The Morgan fingerprint density at radius 3 is 2.50 bits per heavy atom. The minimum Gasteiger partial charge on any atom is -0.374 e. The number of rotatable bonds is 2. The van der Waals surface area contributed by atoms with Crippen molar-refractivity contribution in [2.45, 2.75) is 20.1 Å². The highest BCUT2D eigenvalue weighted by molar-refractivity contribution is 6.38. The fraction of sp³-hybridized carbons (Fsp3) is 0.500. The summed E-state index contributed by atoms with van der Waals surface area (Å²) in [6.45, 7) is 4.62. The summed E-state index contributed by atoms with van der Waals surface area (Å²) in [6.07, 6.45) is -0.636. The second-order valence-electron chi connectivity index (χ2n) is 3.88. The van der Waals surface area contributed by atoms with Gasteiger partial charge in [0.1, 0.15) is 17.7 Å². The topological polar surface area (TPSA) is 73.6 Å². The van der Waals surface area contributed by atoms with Crippen LogP contribution in [0.5, 0.6) is 0 Å². The highest BCUT2D eigenvalue weighted by Crippen LogP contribution is 2.27. The summed E-state index contributed by atoms with van der Waals surface area (Å²) >= 11 is 12.0. The van der Waals surface area contributed by atoms with E-state index >= 15 is 0 Å². The summed E-state index contributed by atoms with van der Waals surface area (Å²) in [5.41, 5.74) is 0.398. The van der Waals surface area contributed by atoms with Gasteiger partial charge in [0.2, 0.25) is 5.96 Å². The molecule has 0 fully saturated rings. The average molecular weight is 290 g/mol. The number of hydrogen-bond donors (Lipinski definition) is 2. The van der Waals surface area contributed by atoms with Crippen molar-refractivity contribution < 1.29 is 5.11 Å². The Morgan fingerprint density at radius 2 is 1.94 bits per heavy atom. The SMILES string of the molecule is Cc1nc(Cl)c(NC2=NCCN2C(C)O)c(Cl)n1. The van der Waals surface area contributed by atoms with Crippen LogP contribution in [0.25, 0.3) is 0 Å². The molecule has 0 aromatic carbocycles. The minimum absolute atomic E-state index is 0.229. The molecule has 0 amide bonds. The number of aryl methyl sites for hydroxylation is 1. The molecule has 1 aromatic rings. The first kappa shape index (κ1) is 13.3. The number of guanidine groups is 1. The maximum atomic E-state index is 9.59. The average Bonchev–Trinajstić information content (AvgIpc) is 2.71. The summed E-state index contributed by atoms with van der Waals surface area (Å²) in [6, 6.07) is 0. The van der Waals surface area contributed by atoms with Gasteiger partial charge in [-0.25, -0.2) is 9.97 Å². The van der Waals surface area contributed by atoms with Crippen LogP contribution < -0.4 is 5.32 Å². The van der Waals surface area contributed by atoms with Gasteiger partial charge in [-0.3, -0.25) is 4.99 Å². The number of aliphatic hydroxyl groups is 1. The van der Waals surface area contributed by atoms with Crippen LogP contribution in [0.1, 0.15) is 12.7 Å². The Morgan fingerprint density at radius 1 is 1.33 bits per heavy atom. The Bertz CT molecular complexity index is 468. The predicted molar refractivity (Wildman–Crippen MR) is 71.1 cm³/mol. The van der Waals surface area contributed by atoms with Crippen molar-refractivity contribution in [3.8, 4) is 0 Å². The first-order valence-corrected chi connectivity index (χ1v) is 6.20. The zero-order valence-electron chi connectivity index (χ0n) is 9.98. The second kappa shape index (κ2) is 5.26. The van der Waals surface area contributed by atoms with Gasteiger partial charge in [-0.05, 0) is 13.8 Å². The molecular formula is C10H13Cl2N5O. The minimum atomic E-state index is -0.636. The highest BCUT2D eigenvalue weighted by atomic mass is 35.5. The predicted octanol–water partition coefficient (Wildman–Crippen LogP) is 1.51. The number of hydrogen-bond acceptors (Lipinski definition) is 6. The van der Waals surface area contributed by atoms with E-state index in [1.165, 1.54) is 0 Å². The van der Waals surface area contributed by atoms with Crippen molar-refractivity contribution in [1.82, 2.24) is 14.9 Å². The normalized spacial score (nSPS) is 16.7. The molecule has 2 rings (SSSR count). The van der Waals surface area contributed by atoms with Crippen molar-refractivity contribution in [2.24, 2.45) is 4.99 Å². The number of nitrogens with one attached hydrogen (secondary N) is 1. The third-order valence-corrected chi connectivity index (χ3v) is 3.04. The number of aromatic nitrogens is 2. The number of nitrogens with zero attached hydrogens (tertiary/aromatic N) is 4. The largest absolute Gasteiger partial charge is 0.374 e. The van der Waals surface area contributed by atoms with E-state index < -0.39 is 6.23 Å². The Labute approximate surface area is 115 Å². The number of aliphatic hydroxyl groups excluding tert-OH is 1. The molecule has 2 N–H and O–H groups in total. The summed E-state index contributed by atoms with van der Waals surface area (Å²) in [4.78, 5) is 14.0.